The Labute approximate surface area is 239 Å². The van der Waals surface area contributed by atoms with Crippen LogP contribution in [0.4, 0.5) is 14.3 Å². The Kier molecular flexibility index (Phi) is 9.29. The number of hydrogen-bond donors (Lipinski definition) is 2. The molecule has 2 aliphatic rings. The molecule has 2 amide bonds. The van der Waals surface area contributed by atoms with Gasteiger partial charge in [0.15, 0.2) is 10.9 Å². The first-order valence-corrected chi connectivity index (χ1v) is 14.9. The van der Waals surface area contributed by atoms with Crippen molar-refractivity contribution in [1.82, 2.24) is 20.1 Å². The topological polar surface area (TPSA) is 90.7 Å². The standard InChI is InChI=1S/C30H38FN5O3S/c1-20-28(21(2)37)40-30(32-20)34-29(38)33-27-9-12-36(16-24-10-13-39-19-24)18-25(27)17-35-11-3-4-23(15-35)14-22-5-7-26(31)8-6-22/h5-8,10,13,19,23,25,27H,3-4,9,11-12,14-18H2,1-2H3,(H2,32,33,34,38)/t23?,25-,27-/m1/s1. The highest BCUT2D eigenvalue weighted by Gasteiger charge is 2.33. The highest BCUT2D eigenvalue weighted by Crippen LogP contribution is 2.27. The lowest BCUT2D eigenvalue weighted by atomic mass is 9.88. The van der Waals surface area contributed by atoms with E-state index < -0.39 is 0 Å². The Morgan fingerprint density at radius 2 is 1.93 bits per heavy atom. The van der Waals surface area contributed by atoms with Crippen LogP contribution in [-0.4, -0.2) is 65.4 Å². The van der Waals surface area contributed by atoms with Crippen molar-refractivity contribution in [1.29, 1.82) is 0 Å². The zero-order chi connectivity index (χ0) is 28.1. The van der Waals surface area contributed by atoms with E-state index in [0.717, 1.165) is 64.1 Å². The number of halogens is 1. The molecular weight excluding hydrogens is 529 g/mol. The van der Waals surface area contributed by atoms with Crippen molar-refractivity contribution in [2.24, 2.45) is 11.8 Å². The maximum Gasteiger partial charge on any atom is 0.321 e. The van der Waals surface area contributed by atoms with E-state index in [0.29, 0.717) is 21.6 Å². The van der Waals surface area contributed by atoms with Crippen molar-refractivity contribution in [2.45, 2.75) is 52.1 Å². The lowest BCUT2D eigenvalue weighted by Crippen LogP contribution is -2.55. The summed E-state index contributed by atoms with van der Waals surface area (Å²) in [5.74, 6) is 0.538. The number of hydrogen-bond acceptors (Lipinski definition) is 7. The summed E-state index contributed by atoms with van der Waals surface area (Å²) in [6, 6.07) is 8.61. The number of amides is 2. The molecule has 5 rings (SSSR count). The van der Waals surface area contributed by atoms with Gasteiger partial charge in [-0.25, -0.2) is 14.2 Å². The average molecular weight is 568 g/mol. The maximum atomic E-state index is 13.4. The number of nitrogens with one attached hydrogen (secondary N) is 2. The third-order valence-corrected chi connectivity index (χ3v) is 9.16. The predicted octanol–water partition coefficient (Wildman–Crippen LogP) is 5.35. The molecule has 2 aliphatic heterocycles. The van der Waals surface area contributed by atoms with E-state index in [9.17, 15) is 14.0 Å². The first-order chi connectivity index (χ1) is 19.3. The zero-order valence-electron chi connectivity index (χ0n) is 23.2. The number of nitrogens with zero attached hydrogens (tertiary/aromatic N) is 3. The van der Waals surface area contributed by atoms with E-state index in [1.165, 1.54) is 30.2 Å². The minimum Gasteiger partial charge on any atom is -0.472 e. The van der Waals surface area contributed by atoms with Crippen LogP contribution in [0.5, 0.6) is 0 Å². The summed E-state index contributed by atoms with van der Waals surface area (Å²) in [5, 5.41) is 6.52. The molecule has 0 saturated carbocycles. The quantitative estimate of drug-likeness (QED) is 0.339. The molecule has 1 unspecified atom stereocenters. The van der Waals surface area contributed by atoms with Crippen molar-refractivity contribution < 1.29 is 18.4 Å². The summed E-state index contributed by atoms with van der Waals surface area (Å²) in [4.78, 5) is 34.7. The van der Waals surface area contributed by atoms with Gasteiger partial charge in [0.1, 0.15) is 5.82 Å². The second-order valence-electron chi connectivity index (χ2n) is 11.2. The number of benzene rings is 1. The van der Waals surface area contributed by atoms with Gasteiger partial charge in [-0.2, -0.15) is 0 Å². The van der Waals surface area contributed by atoms with Crippen LogP contribution in [0.25, 0.3) is 0 Å². The van der Waals surface area contributed by atoms with Crippen molar-refractivity contribution in [3.63, 3.8) is 0 Å². The van der Waals surface area contributed by atoms with Crippen LogP contribution < -0.4 is 10.6 Å². The summed E-state index contributed by atoms with van der Waals surface area (Å²) in [6.45, 7) is 8.82. The number of carbonyl (C=O) groups excluding carboxylic acids is 2. The molecule has 4 heterocycles. The van der Waals surface area contributed by atoms with Crippen LogP contribution in [0.3, 0.4) is 0 Å². The molecule has 214 valence electrons. The smallest absolute Gasteiger partial charge is 0.321 e. The van der Waals surface area contributed by atoms with Crippen molar-refractivity contribution in [3.8, 4) is 0 Å². The first-order valence-electron chi connectivity index (χ1n) is 14.1. The fourth-order valence-electron chi connectivity index (χ4n) is 6.11. The molecule has 0 spiro atoms. The van der Waals surface area contributed by atoms with Crippen LogP contribution in [0.15, 0.2) is 47.3 Å². The molecule has 0 bridgehead atoms. The second-order valence-corrected chi connectivity index (χ2v) is 12.2. The number of Topliss-reactive ketones (excluding diaryl/α,β-unsaturated/α-hetero) is 1. The highest BCUT2D eigenvalue weighted by atomic mass is 32.1. The largest absolute Gasteiger partial charge is 0.472 e. The normalized spacial score (nSPS) is 22.2. The molecular formula is C30H38FN5O3S. The van der Waals surface area contributed by atoms with Crippen LogP contribution >= 0.6 is 11.3 Å². The molecule has 10 heteroatoms. The van der Waals surface area contributed by atoms with E-state index in [1.807, 2.05) is 18.2 Å². The van der Waals surface area contributed by atoms with E-state index in [-0.39, 0.29) is 29.6 Å². The Bertz CT molecular complexity index is 1280. The number of likely N-dealkylation sites (tertiary alicyclic amines) is 2. The maximum absolute atomic E-state index is 13.4. The van der Waals surface area contributed by atoms with Gasteiger partial charge in [-0.1, -0.05) is 23.5 Å². The highest BCUT2D eigenvalue weighted by molar-refractivity contribution is 7.17. The van der Waals surface area contributed by atoms with Crippen molar-refractivity contribution >= 4 is 28.3 Å². The lowest BCUT2D eigenvalue weighted by molar-refractivity contribution is 0.0818. The van der Waals surface area contributed by atoms with Gasteiger partial charge in [-0.15, -0.1) is 0 Å². The summed E-state index contributed by atoms with van der Waals surface area (Å²) in [6.07, 6.45) is 7.61. The SMILES string of the molecule is CC(=O)c1sc(NC(=O)N[C@@H]2CCN(Cc3ccoc3)C[C@H]2CN2CCCC(Cc3ccc(F)cc3)C2)nc1C. The number of rotatable bonds is 9. The van der Waals surface area contributed by atoms with Gasteiger partial charge in [-0.3, -0.25) is 15.0 Å². The van der Waals surface area contributed by atoms with E-state index in [1.54, 1.807) is 31.6 Å². The molecule has 3 aromatic rings. The number of urea groups is 1. The minimum atomic E-state index is -0.282. The van der Waals surface area contributed by atoms with Crippen LogP contribution in [0.2, 0.25) is 0 Å². The third kappa shape index (κ3) is 7.56. The molecule has 40 heavy (non-hydrogen) atoms. The number of thiazole rings is 1. The van der Waals surface area contributed by atoms with Crippen molar-refractivity contribution in [2.75, 3.05) is 38.0 Å². The molecule has 0 aliphatic carbocycles. The monoisotopic (exact) mass is 567 g/mol. The van der Waals surface area contributed by atoms with E-state index in [2.05, 4.69) is 25.4 Å². The van der Waals surface area contributed by atoms with Crippen LogP contribution in [-0.2, 0) is 13.0 Å². The molecule has 1 aromatic carbocycles. The molecule has 2 fully saturated rings. The number of ketones is 1. The van der Waals surface area contributed by atoms with Gasteiger partial charge in [0, 0.05) is 57.2 Å². The predicted molar refractivity (Wildman–Crippen MR) is 154 cm³/mol. The van der Waals surface area contributed by atoms with Crippen molar-refractivity contribution in [3.05, 3.63) is 70.4 Å². The number of furan rings is 1. The Morgan fingerprint density at radius 3 is 2.65 bits per heavy atom. The van der Waals surface area contributed by atoms with Crippen LogP contribution in [0.1, 0.15) is 52.7 Å². The van der Waals surface area contributed by atoms with Gasteiger partial charge in [-0.05, 0) is 68.8 Å². The Hall–Kier alpha value is -3.08. The first kappa shape index (κ1) is 28.4. The number of aryl methyl sites for hydroxylation is 1. The van der Waals surface area contributed by atoms with Gasteiger partial charge in [0.25, 0.3) is 0 Å². The van der Waals surface area contributed by atoms with E-state index in [4.69, 9.17) is 4.42 Å². The fourth-order valence-corrected chi connectivity index (χ4v) is 6.97. The average Bonchev–Trinajstić information content (AvgIpc) is 3.56. The number of piperidine rings is 2. The minimum absolute atomic E-state index is 0.0198. The molecule has 2 N–H and O–H groups in total. The zero-order valence-corrected chi connectivity index (χ0v) is 24.0. The molecule has 2 aromatic heterocycles. The Balaban J connectivity index is 1.22. The van der Waals surface area contributed by atoms with Gasteiger partial charge in [0.05, 0.1) is 23.1 Å². The summed E-state index contributed by atoms with van der Waals surface area (Å²) in [7, 11) is 0. The van der Waals surface area contributed by atoms with Crippen LogP contribution in [0, 0.1) is 24.6 Å². The molecule has 3 atom stereocenters. The number of anilines is 1. The summed E-state index contributed by atoms with van der Waals surface area (Å²) in [5.41, 5.74) is 2.97. The molecule has 2 saturated heterocycles. The van der Waals surface area contributed by atoms with Gasteiger partial charge < -0.3 is 14.6 Å². The lowest BCUT2D eigenvalue weighted by Gasteiger charge is -2.42. The van der Waals surface area contributed by atoms with E-state index >= 15 is 0 Å². The summed E-state index contributed by atoms with van der Waals surface area (Å²) < 4.78 is 18.6. The number of carbonyl (C=O) groups is 2. The molecule has 8 nitrogen and oxygen atoms in total. The number of aromatic nitrogens is 1. The third-order valence-electron chi connectivity index (χ3n) is 7.99. The second kappa shape index (κ2) is 13.1. The van der Waals surface area contributed by atoms with Gasteiger partial charge >= 0.3 is 6.03 Å². The van der Waals surface area contributed by atoms with Gasteiger partial charge in [0.2, 0.25) is 0 Å². The fraction of sp³-hybridized carbons (Fsp3) is 0.500. The Morgan fingerprint density at radius 1 is 1.10 bits per heavy atom. The summed E-state index contributed by atoms with van der Waals surface area (Å²) >= 11 is 1.21. The molecule has 0 radical (unpaired) electrons.